The third-order valence-electron chi connectivity index (χ3n) is 3.47. The fourth-order valence-corrected chi connectivity index (χ4v) is 2.86. The third-order valence-corrected chi connectivity index (χ3v) is 3.71. The van der Waals surface area contributed by atoms with E-state index in [-0.39, 0.29) is 24.6 Å². The Morgan fingerprint density at radius 2 is 2.05 bits per heavy atom. The predicted molar refractivity (Wildman–Crippen MR) is 90.6 cm³/mol. The average Bonchev–Trinajstić information content (AvgIpc) is 2.43. The van der Waals surface area contributed by atoms with Crippen LogP contribution in [0.15, 0.2) is 18.2 Å². The fraction of sp³-hybridized carbons (Fsp3) is 0.562. The summed E-state index contributed by atoms with van der Waals surface area (Å²) in [5.41, 5.74) is 0.496. The Kier molecular flexibility index (Phi) is 8.18. The number of rotatable bonds is 6. The molecule has 6 heteroatoms. The molecule has 0 N–H and O–H groups in total. The standard InChI is InChI=1S/C16H22ClNO3.ClH/c1-12-9-18(10-13(2)21-12)6-3-7-20-16-5-4-15(17)8-14(16)11-19;/h4-5,8,11-13H,3,6-7,9-10H2,1-2H3;1H. The number of carbonyl (C=O) groups excluding carboxylic acids is 1. The first-order chi connectivity index (χ1) is 10.1. The van der Waals surface area contributed by atoms with Gasteiger partial charge in [0.05, 0.1) is 24.4 Å². The van der Waals surface area contributed by atoms with Crippen molar-refractivity contribution in [1.82, 2.24) is 4.90 Å². The fourth-order valence-electron chi connectivity index (χ4n) is 2.68. The van der Waals surface area contributed by atoms with Crippen molar-refractivity contribution in [2.45, 2.75) is 32.5 Å². The van der Waals surface area contributed by atoms with E-state index < -0.39 is 0 Å². The Hall–Kier alpha value is -0.810. The highest BCUT2D eigenvalue weighted by atomic mass is 35.5. The molecular formula is C16H23Cl2NO3. The van der Waals surface area contributed by atoms with Crippen molar-refractivity contribution in [3.05, 3.63) is 28.8 Å². The maximum absolute atomic E-state index is 11.0. The molecule has 1 saturated heterocycles. The van der Waals surface area contributed by atoms with Gasteiger partial charge in [-0.15, -0.1) is 12.4 Å². The Balaban J connectivity index is 0.00000242. The van der Waals surface area contributed by atoms with Crippen LogP contribution in [0, 0.1) is 0 Å². The molecule has 2 atom stereocenters. The number of hydrogen-bond acceptors (Lipinski definition) is 4. The molecule has 1 aromatic carbocycles. The van der Waals surface area contributed by atoms with E-state index in [2.05, 4.69) is 18.7 Å². The van der Waals surface area contributed by atoms with Crippen molar-refractivity contribution in [2.24, 2.45) is 0 Å². The van der Waals surface area contributed by atoms with Gasteiger partial charge in [0.15, 0.2) is 6.29 Å². The molecule has 0 radical (unpaired) electrons. The summed E-state index contributed by atoms with van der Waals surface area (Å²) in [5.74, 6) is 0.595. The van der Waals surface area contributed by atoms with Crippen LogP contribution in [0.3, 0.4) is 0 Å². The third kappa shape index (κ3) is 5.76. The van der Waals surface area contributed by atoms with Gasteiger partial charge in [-0.05, 0) is 38.5 Å². The van der Waals surface area contributed by atoms with Gasteiger partial charge in [0.25, 0.3) is 0 Å². The Labute approximate surface area is 143 Å². The monoisotopic (exact) mass is 347 g/mol. The molecule has 1 aliphatic heterocycles. The Morgan fingerprint density at radius 1 is 1.36 bits per heavy atom. The number of carbonyl (C=O) groups is 1. The van der Waals surface area contributed by atoms with Crippen molar-refractivity contribution in [2.75, 3.05) is 26.2 Å². The van der Waals surface area contributed by atoms with Gasteiger partial charge in [0, 0.05) is 24.7 Å². The van der Waals surface area contributed by atoms with Crippen LogP contribution < -0.4 is 4.74 Å². The molecule has 0 aliphatic carbocycles. The summed E-state index contributed by atoms with van der Waals surface area (Å²) in [6.45, 7) is 7.69. The second-order valence-electron chi connectivity index (χ2n) is 5.52. The lowest BCUT2D eigenvalue weighted by Gasteiger charge is -2.35. The molecule has 0 spiro atoms. The molecule has 1 fully saturated rings. The van der Waals surface area contributed by atoms with E-state index in [1.54, 1.807) is 18.2 Å². The van der Waals surface area contributed by atoms with Gasteiger partial charge in [0.1, 0.15) is 5.75 Å². The second kappa shape index (κ2) is 9.36. The zero-order valence-electron chi connectivity index (χ0n) is 13.0. The van der Waals surface area contributed by atoms with Crippen LogP contribution in [0.4, 0.5) is 0 Å². The Bertz CT molecular complexity index is 474. The highest BCUT2D eigenvalue weighted by Crippen LogP contribution is 2.21. The molecule has 0 amide bonds. The largest absolute Gasteiger partial charge is 0.493 e. The molecule has 0 bridgehead atoms. The van der Waals surface area contributed by atoms with Gasteiger partial charge in [-0.2, -0.15) is 0 Å². The minimum absolute atomic E-state index is 0. The van der Waals surface area contributed by atoms with Gasteiger partial charge in [0.2, 0.25) is 0 Å². The lowest BCUT2D eigenvalue weighted by Crippen LogP contribution is -2.45. The lowest BCUT2D eigenvalue weighted by molar-refractivity contribution is -0.0686. The molecule has 4 nitrogen and oxygen atoms in total. The maximum Gasteiger partial charge on any atom is 0.153 e. The topological polar surface area (TPSA) is 38.8 Å². The van der Waals surface area contributed by atoms with Crippen LogP contribution in [-0.4, -0.2) is 49.6 Å². The van der Waals surface area contributed by atoms with Gasteiger partial charge in [-0.25, -0.2) is 0 Å². The number of hydrogen-bond donors (Lipinski definition) is 0. The zero-order valence-corrected chi connectivity index (χ0v) is 14.5. The van der Waals surface area contributed by atoms with E-state index in [1.165, 1.54) is 0 Å². The van der Waals surface area contributed by atoms with Crippen LogP contribution in [0.1, 0.15) is 30.6 Å². The van der Waals surface area contributed by atoms with Crippen LogP contribution in [0.25, 0.3) is 0 Å². The smallest absolute Gasteiger partial charge is 0.153 e. The number of halogens is 2. The molecule has 1 aromatic rings. The van der Waals surface area contributed by atoms with E-state index in [9.17, 15) is 4.79 Å². The molecule has 2 rings (SSSR count). The molecule has 2 unspecified atom stereocenters. The number of ether oxygens (including phenoxy) is 2. The molecular weight excluding hydrogens is 325 g/mol. The number of nitrogens with zero attached hydrogens (tertiary/aromatic N) is 1. The summed E-state index contributed by atoms with van der Waals surface area (Å²) < 4.78 is 11.4. The first-order valence-electron chi connectivity index (χ1n) is 7.34. The minimum atomic E-state index is 0. The van der Waals surface area contributed by atoms with Crippen LogP contribution in [0.5, 0.6) is 5.75 Å². The molecule has 0 saturated carbocycles. The number of morpholine rings is 1. The molecule has 1 aliphatic rings. The summed E-state index contributed by atoms with van der Waals surface area (Å²) in [6.07, 6.45) is 2.26. The molecule has 124 valence electrons. The van der Waals surface area contributed by atoms with Crippen molar-refractivity contribution in [3.8, 4) is 5.75 Å². The lowest BCUT2D eigenvalue weighted by atomic mass is 10.2. The highest BCUT2D eigenvalue weighted by Gasteiger charge is 2.21. The second-order valence-corrected chi connectivity index (χ2v) is 5.96. The van der Waals surface area contributed by atoms with Crippen molar-refractivity contribution in [3.63, 3.8) is 0 Å². The summed E-state index contributed by atoms with van der Waals surface area (Å²) in [4.78, 5) is 13.4. The number of aldehydes is 1. The maximum atomic E-state index is 11.0. The SMILES string of the molecule is CC1CN(CCCOc2ccc(Cl)cc2C=O)CC(C)O1.Cl. The van der Waals surface area contributed by atoms with E-state index >= 15 is 0 Å². The Morgan fingerprint density at radius 3 is 2.68 bits per heavy atom. The average molecular weight is 348 g/mol. The summed E-state index contributed by atoms with van der Waals surface area (Å²) >= 11 is 5.85. The first kappa shape index (κ1) is 19.2. The molecule has 1 heterocycles. The van der Waals surface area contributed by atoms with Crippen LogP contribution >= 0.6 is 24.0 Å². The quantitative estimate of drug-likeness (QED) is 0.583. The van der Waals surface area contributed by atoms with Crippen LogP contribution in [0.2, 0.25) is 5.02 Å². The first-order valence-corrected chi connectivity index (χ1v) is 7.71. The van der Waals surface area contributed by atoms with Crippen molar-refractivity contribution >= 4 is 30.3 Å². The van der Waals surface area contributed by atoms with Gasteiger partial charge in [-0.3, -0.25) is 9.69 Å². The van der Waals surface area contributed by atoms with Gasteiger partial charge < -0.3 is 9.47 Å². The van der Waals surface area contributed by atoms with E-state index in [1.807, 2.05) is 0 Å². The van der Waals surface area contributed by atoms with E-state index in [4.69, 9.17) is 21.1 Å². The van der Waals surface area contributed by atoms with Crippen LogP contribution in [-0.2, 0) is 4.74 Å². The molecule has 22 heavy (non-hydrogen) atoms. The normalized spacial score (nSPS) is 22.0. The van der Waals surface area contributed by atoms with Gasteiger partial charge >= 0.3 is 0 Å². The highest BCUT2D eigenvalue weighted by molar-refractivity contribution is 6.30. The van der Waals surface area contributed by atoms with Gasteiger partial charge in [-0.1, -0.05) is 11.6 Å². The van der Waals surface area contributed by atoms with E-state index in [0.717, 1.165) is 32.3 Å². The summed E-state index contributed by atoms with van der Waals surface area (Å²) in [5, 5.41) is 0.542. The van der Waals surface area contributed by atoms with E-state index in [0.29, 0.717) is 22.9 Å². The van der Waals surface area contributed by atoms with Crippen molar-refractivity contribution < 1.29 is 14.3 Å². The number of benzene rings is 1. The summed E-state index contributed by atoms with van der Waals surface area (Å²) in [7, 11) is 0. The summed E-state index contributed by atoms with van der Waals surface area (Å²) in [6, 6.07) is 5.09. The molecule has 0 aromatic heterocycles. The zero-order chi connectivity index (χ0) is 15.2. The minimum Gasteiger partial charge on any atom is -0.493 e. The van der Waals surface area contributed by atoms with Crippen molar-refractivity contribution in [1.29, 1.82) is 0 Å². The predicted octanol–water partition coefficient (Wildman–Crippen LogP) is 3.45.